The summed E-state index contributed by atoms with van der Waals surface area (Å²) >= 11 is 0. The van der Waals surface area contributed by atoms with E-state index in [1.54, 1.807) is 18.5 Å². The Morgan fingerprint density at radius 1 is 1.02 bits per heavy atom. The van der Waals surface area contributed by atoms with Gasteiger partial charge in [0.2, 0.25) is 5.95 Å². The third-order valence-corrected chi connectivity index (χ3v) is 7.91. The van der Waals surface area contributed by atoms with Crippen LogP contribution < -0.4 is 10.2 Å². The summed E-state index contributed by atoms with van der Waals surface area (Å²) < 4.78 is 18.2. The number of aromatic nitrogens is 2. The standard InChI is InChI=1S/C32H39N5O6/c1-21-28(19-36-14-16-37(17-15-36)32-33-12-5-13-34-32)42-31(43-29(21)25-10-8-24(20-38)9-11-25)26-6-4-7-27(18-26)35-30(40)22(2)41-23(3)39/h4-13,18,21-22,28-29,31,38H,14-17,19-20H2,1-3H3,(H,35,40)/t21-,22+,28+,29+,31+/m1/s1. The second-order valence-electron chi connectivity index (χ2n) is 11.0. The van der Waals surface area contributed by atoms with E-state index in [9.17, 15) is 14.7 Å². The Hall–Kier alpha value is -3.90. The summed E-state index contributed by atoms with van der Waals surface area (Å²) in [5, 5.41) is 12.4. The SMILES string of the molecule is CC(=O)O[C@@H](C)C(=O)Nc1cccc([C@H]2O[C@@H](CN3CCN(c4ncccn4)CC3)[C@@H](C)[C@@H](c3ccc(CO)cc3)O2)c1. The monoisotopic (exact) mass is 589 g/mol. The van der Waals surface area contributed by atoms with Crippen LogP contribution in [0.3, 0.4) is 0 Å². The number of nitrogens with one attached hydrogen (secondary N) is 1. The van der Waals surface area contributed by atoms with E-state index in [0.29, 0.717) is 5.69 Å². The van der Waals surface area contributed by atoms with Crippen molar-refractivity contribution in [3.8, 4) is 0 Å². The average Bonchev–Trinajstić information content (AvgIpc) is 3.02. The van der Waals surface area contributed by atoms with Crippen molar-refractivity contribution in [3.63, 3.8) is 0 Å². The molecule has 11 heteroatoms. The fraction of sp³-hybridized carbons (Fsp3) is 0.438. The predicted molar refractivity (Wildman–Crippen MR) is 160 cm³/mol. The van der Waals surface area contributed by atoms with E-state index in [0.717, 1.165) is 55.4 Å². The number of carbonyl (C=O) groups excluding carboxylic acids is 2. The molecule has 5 atom stereocenters. The maximum atomic E-state index is 12.6. The molecule has 0 bridgehead atoms. The third-order valence-electron chi connectivity index (χ3n) is 7.91. The van der Waals surface area contributed by atoms with Crippen LogP contribution in [0.4, 0.5) is 11.6 Å². The molecule has 1 amide bonds. The molecule has 5 rings (SSSR count). The van der Waals surface area contributed by atoms with Gasteiger partial charge in [0.1, 0.15) is 0 Å². The number of hydrogen-bond donors (Lipinski definition) is 2. The second-order valence-corrected chi connectivity index (χ2v) is 11.0. The van der Waals surface area contributed by atoms with Crippen molar-refractivity contribution < 1.29 is 28.9 Å². The molecule has 0 radical (unpaired) electrons. The molecule has 0 unspecified atom stereocenters. The van der Waals surface area contributed by atoms with E-state index in [1.807, 2.05) is 48.5 Å². The molecule has 3 heterocycles. The Labute approximate surface area is 251 Å². The largest absolute Gasteiger partial charge is 0.453 e. The van der Waals surface area contributed by atoms with E-state index in [-0.39, 0.29) is 24.7 Å². The van der Waals surface area contributed by atoms with Crippen LogP contribution in [0.2, 0.25) is 0 Å². The lowest BCUT2D eigenvalue weighted by Crippen LogP contribution is -2.51. The van der Waals surface area contributed by atoms with Gasteiger partial charge in [0.15, 0.2) is 12.4 Å². The van der Waals surface area contributed by atoms with E-state index in [1.165, 1.54) is 13.8 Å². The van der Waals surface area contributed by atoms with Crippen molar-refractivity contribution >= 4 is 23.5 Å². The molecule has 228 valence electrons. The number of esters is 1. The molecular weight excluding hydrogens is 550 g/mol. The summed E-state index contributed by atoms with van der Waals surface area (Å²) in [6.45, 7) is 9.00. The summed E-state index contributed by atoms with van der Waals surface area (Å²) in [7, 11) is 0. The van der Waals surface area contributed by atoms with Crippen LogP contribution in [0.5, 0.6) is 0 Å². The van der Waals surface area contributed by atoms with E-state index in [2.05, 4.69) is 32.0 Å². The molecule has 0 aliphatic carbocycles. The molecule has 2 aromatic carbocycles. The van der Waals surface area contributed by atoms with Crippen molar-refractivity contribution in [1.29, 1.82) is 0 Å². The average molecular weight is 590 g/mol. The van der Waals surface area contributed by atoms with Crippen LogP contribution in [-0.2, 0) is 30.4 Å². The van der Waals surface area contributed by atoms with Crippen LogP contribution >= 0.6 is 0 Å². The van der Waals surface area contributed by atoms with Gasteiger partial charge in [0.25, 0.3) is 5.91 Å². The highest BCUT2D eigenvalue weighted by Crippen LogP contribution is 2.42. The Morgan fingerprint density at radius 2 is 1.74 bits per heavy atom. The highest BCUT2D eigenvalue weighted by molar-refractivity contribution is 5.95. The molecule has 43 heavy (non-hydrogen) atoms. The van der Waals surface area contributed by atoms with Crippen LogP contribution in [0.15, 0.2) is 67.0 Å². The van der Waals surface area contributed by atoms with Gasteiger partial charge in [0, 0.05) is 69.2 Å². The van der Waals surface area contributed by atoms with Crippen molar-refractivity contribution in [3.05, 3.63) is 83.7 Å². The van der Waals surface area contributed by atoms with Gasteiger partial charge in [-0.25, -0.2) is 9.97 Å². The molecule has 2 saturated heterocycles. The Morgan fingerprint density at radius 3 is 2.42 bits per heavy atom. The number of rotatable bonds is 9. The summed E-state index contributed by atoms with van der Waals surface area (Å²) in [5.74, 6) is -0.155. The Bertz CT molecular complexity index is 1370. The summed E-state index contributed by atoms with van der Waals surface area (Å²) in [6, 6.07) is 17.0. The summed E-state index contributed by atoms with van der Waals surface area (Å²) in [4.78, 5) is 37.2. The lowest BCUT2D eigenvalue weighted by molar-refractivity contribution is -0.276. The summed E-state index contributed by atoms with van der Waals surface area (Å²) in [5.41, 5.74) is 3.15. The van der Waals surface area contributed by atoms with Crippen molar-refractivity contribution in [1.82, 2.24) is 14.9 Å². The topological polar surface area (TPSA) is 126 Å². The third kappa shape index (κ3) is 7.74. The number of piperazine rings is 1. The number of aliphatic hydroxyl groups excluding tert-OH is 1. The fourth-order valence-corrected chi connectivity index (χ4v) is 5.48. The van der Waals surface area contributed by atoms with Crippen LogP contribution in [-0.4, -0.2) is 76.8 Å². The van der Waals surface area contributed by atoms with E-state index < -0.39 is 24.3 Å². The van der Waals surface area contributed by atoms with Gasteiger partial charge in [-0.1, -0.05) is 43.3 Å². The first-order valence-electron chi connectivity index (χ1n) is 14.6. The zero-order valence-electron chi connectivity index (χ0n) is 24.8. The Balaban J connectivity index is 1.32. The fourth-order valence-electron chi connectivity index (χ4n) is 5.48. The molecule has 2 aliphatic rings. The highest BCUT2D eigenvalue weighted by Gasteiger charge is 2.39. The molecular formula is C32H39N5O6. The quantitative estimate of drug-likeness (QED) is 0.358. The van der Waals surface area contributed by atoms with Crippen LogP contribution in [0, 0.1) is 5.92 Å². The first kappa shape index (κ1) is 30.6. The minimum absolute atomic E-state index is 0.0235. The number of amides is 1. The number of nitrogens with zero attached hydrogens (tertiary/aromatic N) is 4. The number of ether oxygens (including phenoxy) is 3. The Kier molecular flexibility index (Phi) is 9.98. The van der Waals surface area contributed by atoms with Crippen molar-refractivity contribution in [2.24, 2.45) is 5.92 Å². The zero-order chi connectivity index (χ0) is 30.3. The number of carbonyl (C=O) groups is 2. The minimum Gasteiger partial charge on any atom is -0.453 e. The number of hydrogen-bond acceptors (Lipinski definition) is 10. The molecule has 2 fully saturated rings. The van der Waals surface area contributed by atoms with Gasteiger partial charge in [-0.05, 0) is 36.2 Å². The summed E-state index contributed by atoms with van der Waals surface area (Å²) in [6.07, 6.45) is 1.54. The lowest BCUT2D eigenvalue weighted by atomic mass is 9.90. The first-order chi connectivity index (χ1) is 20.8. The van der Waals surface area contributed by atoms with Gasteiger partial charge in [-0.2, -0.15) is 0 Å². The highest BCUT2D eigenvalue weighted by atomic mass is 16.7. The van der Waals surface area contributed by atoms with Gasteiger partial charge in [-0.3, -0.25) is 14.5 Å². The molecule has 2 N–H and O–H groups in total. The van der Waals surface area contributed by atoms with E-state index >= 15 is 0 Å². The minimum atomic E-state index is -0.922. The van der Waals surface area contributed by atoms with E-state index in [4.69, 9.17) is 14.2 Å². The van der Waals surface area contributed by atoms with Crippen LogP contribution in [0.25, 0.3) is 0 Å². The van der Waals surface area contributed by atoms with Gasteiger partial charge in [-0.15, -0.1) is 0 Å². The molecule has 2 aliphatic heterocycles. The maximum Gasteiger partial charge on any atom is 0.303 e. The van der Waals surface area contributed by atoms with Gasteiger partial charge >= 0.3 is 5.97 Å². The number of benzene rings is 2. The molecule has 0 saturated carbocycles. The second kappa shape index (κ2) is 14.0. The lowest BCUT2D eigenvalue weighted by Gasteiger charge is -2.44. The maximum absolute atomic E-state index is 12.6. The van der Waals surface area contributed by atoms with Gasteiger partial charge < -0.3 is 29.5 Å². The predicted octanol–water partition coefficient (Wildman–Crippen LogP) is 3.47. The van der Waals surface area contributed by atoms with Gasteiger partial charge in [0.05, 0.1) is 18.8 Å². The molecule has 11 nitrogen and oxygen atoms in total. The molecule has 1 aromatic heterocycles. The molecule has 3 aromatic rings. The van der Waals surface area contributed by atoms with Crippen molar-refractivity contribution in [2.45, 2.75) is 52.0 Å². The number of anilines is 2. The van der Waals surface area contributed by atoms with Crippen molar-refractivity contribution in [2.75, 3.05) is 42.9 Å². The number of aliphatic hydroxyl groups is 1. The normalized spacial score (nSPS) is 23.4. The van der Waals surface area contributed by atoms with Crippen LogP contribution in [0.1, 0.15) is 49.9 Å². The smallest absolute Gasteiger partial charge is 0.303 e. The zero-order valence-corrected chi connectivity index (χ0v) is 24.8. The first-order valence-corrected chi connectivity index (χ1v) is 14.6. The molecule has 0 spiro atoms.